The Morgan fingerprint density at radius 2 is 1.90 bits per heavy atom. The average Bonchev–Trinajstić information content (AvgIpc) is 3.52. The quantitative estimate of drug-likeness (QED) is 0.477. The van der Waals surface area contributed by atoms with E-state index in [1.807, 2.05) is 41.3 Å². The highest BCUT2D eigenvalue weighted by Crippen LogP contribution is 2.23. The maximum absolute atomic E-state index is 13.0. The molecule has 8 heteroatoms. The highest BCUT2D eigenvalue weighted by Gasteiger charge is 2.29. The molecule has 0 radical (unpaired) electrons. The Morgan fingerprint density at radius 3 is 2.77 bits per heavy atom. The first kappa shape index (κ1) is 19.3. The highest BCUT2D eigenvalue weighted by molar-refractivity contribution is 5.80. The molecule has 4 aromatic rings. The summed E-state index contributed by atoms with van der Waals surface area (Å²) in [7, 11) is 0. The predicted molar refractivity (Wildman–Crippen MR) is 113 cm³/mol. The van der Waals surface area contributed by atoms with Gasteiger partial charge in [-0.1, -0.05) is 35.5 Å². The molecule has 31 heavy (non-hydrogen) atoms. The van der Waals surface area contributed by atoms with Gasteiger partial charge >= 0.3 is 5.76 Å². The number of carbonyl (C=O) groups is 1. The van der Waals surface area contributed by atoms with Gasteiger partial charge in [-0.25, -0.2) is 4.79 Å². The summed E-state index contributed by atoms with van der Waals surface area (Å²) in [4.78, 5) is 31.5. The van der Waals surface area contributed by atoms with E-state index in [2.05, 4.69) is 10.1 Å². The second kappa shape index (κ2) is 8.22. The fourth-order valence-electron chi connectivity index (χ4n) is 4.20. The third-order valence-electron chi connectivity index (χ3n) is 5.75. The van der Waals surface area contributed by atoms with Crippen molar-refractivity contribution in [2.24, 2.45) is 0 Å². The minimum absolute atomic E-state index is 0.0211. The van der Waals surface area contributed by atoms with Crippen molar-refractivity contribution in [3.63, 3.8) is 0 Å². The SMILES string of the molecule is O=C(Cn1c(=O)oc2ccccc21)N1CCCC1CCc1noc(-c2ccccc2)n1. The van der Waals surface area contributed by atoms with Gasteiger partial charge in [0.05, 0.1) is 5.52 Å². The van der Waals surface area contributed by atoms with Crippen molar-refractivity contribution in [1.29, 1.82) is 0 Å². The first-order valence-electron chi connectivity index (χ1n) is 10.4. The van der Waals surface area contributed by atoms with Crippen molar-refractivity contribution in [1.82, 2.24) is 19.6 Å². The molecule has 0 aliphatic carbocycles. The molecule has 1 fully saturated rings. The number of rotatable bonds is 6. The van der Waals surface area contributed by atoms with Crippen LogP contribution in [0.1, 0.15) is 25.1 Å². The molecule has 3 heterocycles. The summed E-state index contributed by atoms with van der Waals surface area (Å²) in [6.07, 6.45) is 3.25. The number of amides is 1. The molecular formula is C23H22N4O4. The number of para-hydroxylation sites is 2. The zero-order valence-electron chi connectivity index (χ0n) is 16.9. The summed E-state index contributed by atoms with van der Waals surface area (Å²) in [5.74, 6) is 0.552. The molecule has 0 spiro atoms. The first-order valence-corrected chi connectivity index (χ1v) is 10.4. The summed E-state index contributed by atoms with van der Waals surface area (Å²) >= 11 is 0. The highest BCUT2D eigenvalue weighted by atomic mass is 16.5. The van der Waals surface area contributed by atoms with Gasteiger partial charge < -0.3 is 13.8 Å². The second-order valence-corrected chi connectivity index (χ2v) is 7.73. The molecule has 0 saturated carbocycles. The summed E-state index contributed by atoms with van der Waals surface area (Å²) in [6, 6.07) is 16.9. The summed E-state index contributed by atoms with van der Waals surface area (Å²) in [6.45, 7) is 0.669. The number of aryl methyl sites for hydroxylation is 1. The molecular weight excluding hydrogens is 396 g/mol. The molecule has 1 unspecified atom stereocenters. The topological polar surface area (TPSA) is 94.4 Å². The van der Waals surface area contributed by atoms with Gasteiger partial charge in [0.25, 0.3) is 5.89 Å². The van der Waals surface area contributed by atoms with Crippen LogP contribution in [0.15, 0.2) is 68.3 Å². The van der Waals surface area contributed by atoms with Crippen LogP contribution in [0.4, 0.5) is 0 Å². The van der Waals surface area contributed by atoms with E-state index >= 15 is 0 Å². The lowest BCUT2D eigenvalue weighted by Gasteiger charge is -2.24. The van der Waals surface area contributed by atoms with Gasteiger partial charge in [0.15, 0.2) is 11.4 Å². The Bertz CT molecular complexity index is 1260. The zero-order chi connectivity index (χ0) is 21.2. The van der Waals surface area contributed by atoms with Crippen LogP contribution in [0, 0.1) is 0 Å². The van der Waals surface area contributed by atoms with Crippen LogP contribution in [0.2, 0.25) is 0 Å². The number of aromatic nitrogens is 3. The standard InChI is InChI=1S/C23H22N4O4/c28-21(15-27-18-10-4-5-11-19(18)30-23(27)29)26-14-6-9-17(26)12-13-20-24-22(31-25-20)16-7-2-1-3-8-16/h1-5,7-8,10-11,17H,6,9,12-15H2. The maximum atomic E-state index is 13.0. The Labute approximate surface area is 178 Å². The van der Waals surface area contributed by atoms with Gasteiger partial charge in [-0.05, 0) is 43.5 Å². The van der Waals surface area contributed by atoms with Crippen LogP contribution in [-0.2, 0) is 17.8 Å². The molecule has 2 aromatic heterocycles. The van der Waals surface area contributed by atoms with Gasteiger partial charge in [-0.15, -0.1) is 0 Å². The van der Waals surface area contributed by atoms with Crippen molar-refractivity contribution >= 4 is 17.0 Å². The minimum Gasteiger partial charge on any atom is -0.408 e. The van der Waals surface area contributed by atoms with Gasteiger partial charge in [0.1, 0.15) is 6.54 Å². The van der Waals surface area contributed by atoms with E-state index in [1.165, 1.54) is 4.57 Å². The van der Waals surface area contributed by atoms with E-state index in [0.717, 1.165) is 24.8 Å². The van der Waals surface area contributed by atoms with Crippen LogP contribution in [0.5, 0.6) is 0 Å². The Morgan fingerprint density at radius 1 is 1.10 bits per heavy atom. The summed E-state index contributed by atoms with van der Waals surface area (Å²) in [5.41, 5.74) is 2.01. The van der Waals surface area contributed by atoms with Crippen molar-refractivity contribution in [3.8, 4) is 11.5 Å². The minimum atomic E-state index is -0.509. The third kappa shape index (κ3) is 3.88. The molecule has 5 rings (SSSR count). The van der Waals surface area contributed by atoms with Crippen LogP contribution < -0.4 is 5.76 Å². The van der Waals surface area contributed by atoms with Crippen LogP contribution in [-0.4, -0.2) is 38.1 Å². The van der Waals surface area contributed by atoms with E-state index in [9.17, 15) is 9.59 Å². The molecule has 8 nitrogen and oxygen atoms in total. The second-order valence-electron chi connectivity index (χ2n) is 7.73. The number of nitrogens with zero attached hydrogens (tertiary/aromatic N) is 4. The molecule has 158 valence electrons. The number of oxazole rings is 1. The number of benzene rings is 2. The Kier molecular flexibility index (Phi) is 5.11. The number of carbonyl (C=O) groups excluding carboxylic acids is 1. The first-order chi connectivity index (χ1) is 15.2. The molecule has 0 bridgehead atoms. The zero-order valence-corrected chi connectivity index (χ0v) is 16.9. The number of hydrogen-bond acceptors (Lipinski definition) is 6. The molecule has 1 atom stereocenters. The van der Waals surface area contributed by atoms with Crippen LogP contribution in [0.3, 0.4) is 0 Å². The fourth-order valence-corrected chi connectivity index (χ4v) is 4.20. The van der Waals surface area contributed by atoms with E-state index in [-0.39, 0.29) is 18.5 Å². The van der Waals surface area contributed by atoms with Crippen molar-refractivity contribution < 1.29 is 13.7 Å². The lowest BCUT2D eigenvalue weighted by molar-refractivity contribution is -0.132. The maximum Gasteiger partial charge on any atom is 0.420 e. The third-order valence-corrected chi connectivity index (χ3v) is 5.75. The number of fused-ring (bicyclic) bond motifs is 1. The van der Waals surface area contributed by atoms with Gasteiger partial charge in [0.2, 0.25) is 5.91 Å². The molecule has 1 saturated heterocycles. The van der Waals surface area contributed by atoms with E-state index in [4.69, 9.17) is 8.94 Å². The van der Waals surface area contributed by atoms with Gasteiger partial charge in [-0.3, -0.25) is 9.36 Å². The summed E-state index contributed by atoms with van der Waals surface area (Å²) < 4.78 is 12.0. The normalized spacial score (nSPS) is 16.3. The number of likely N-dealkylation sites (tertiary alicyclic amines) is 1. The van der Waals surface area contributed by atoms with E-state index < -0.39 is 5.76 Å². The largest absolute Gasteiger partial charge is 0.420 e. The average molecular weight is 418 g/mol. The van der Waals surface area contributed by atoms with Gasteiger partial charge in [-0.2, -0.15) is 4.98 Å². The van der Waals surface area contributed by atoms with Crippen LogP contribution >= 0.6 is 0 Å². The van der Waals surface area contributed by atoms with Crippen molar-refractivity contribution in [2.45, 2.75) is 38.3 Å². The lowest BCUT2D eigenvalue weighted by atomic mass is 10.1. The molecule has 0 N–H and O–H groups in total. The fraction of sp³-hybridized carbons (Fsp3) is 0.304. The predicted octanol–water partition coefficient (Wildman–Crippen LogP) is 3.27. The molecule has 1 amide bonds. The number of hydrogen-bond donors (Lipinski definition) is 0. The van der Waals surface area contributed by atoms with Crippen molar-refractivity contribution in [3.05, 3.63) is 71.0 Å². The Balaban J connectivity index is 1.25. The Hall–Kier alpha value is -3.68. The van der Waals surface area contributed by atoms with Gasteiger partial charge in [0, 0.05) is 24.6 Å². The summed E-state index contributed by atoms with van der Waals surface area (Å²) in [5, 5.41) is 4.08. The molecule has 1 aliphatic rings. The smallest absolute Gasteiger partial charge is 0.408 e. The van der Waals surface area contributed by atoms with Crippen LogP contribution in [0.25, 0.3) is 22.6 Å². The van der Waals surface area contributed by atoms with E-state index in [1.54, 1.807) is 18.2 Å². The lowest BCUT2D eigenvalue weighted by Crippen LogP contribution is -2.39. The molecule has 2 aromatic carbocycles. The van der Waals surface area contributed by atoms with Crippen molar-refractivity contribution in [2.75, 3.05) is 6.54 Å². The molecule has 1 aliphatic heterocycles. The monoisotopic (exact) mass is 418 g/mol. The van der Waals surface area contributed by atoms with E-state index in [0.29, 0.717) is 35.8 Å².